The molecule has 0 amide bonds. The van der Waals surface area contributed by atoms with Crippen LogP contribution < -0.4 is 5.32 Å². The van der Waals surface area contributed by atoms with E-state index in [1.54, 1.807) is 7.05 Å². The zero-order chi connectivity index (χ0) is 17.0. The summed E-state index contributed by atoms with van der Waals surface area (Å²) >= 11 is 1.35. The Labute approximate surface area is 134 Å². The molecule has 0 saturated heterocycles. The van der Waals surface area contributed by atoms with Crippen molar-refractivity contribution in [3.05, 3.63) is 0 Å². The van der Waals surface area contributed by atoms with Crippen LogP contribution in [0.5, 0.6) is 0 Å². The molecule has 1 saturated carbocycles. The molecule has 1 atom stereocenters. The van der Waals surface area contributed by atoms with Gasteiger partial charge in [-0.1, -0.05) is 25.6 Å². The SMILES string of the molecule is CN=C(NC1CCC(C(F)(F)F)CC1)S[C@@](C)(C=O)C(C)C. The summed E-state index contributed by atoms with van der Waals surface area (Å²) in [6.45, 7) is 5.77. The fourth-order valence-electron chi connectivity index (χ4n) is 2.37. The molecular weight excluding hydrogens is 313 g/mol. The highest BCUT2D eigenvalue weighted by Crippen LogP contribution is 2.38. The Morgan fingerprint density at radius 3 is 2.18 bits per heavy atom. The van der Waals surface area contributed by atoms with E-state index >= 15 is 0 Å². The van der Waals surface area contributed by atoms with Crippen molar-refractivity contribution >= 4 is 23.2 Å². The molecule has 1 rings (SSSR count). The summed E-state index contributed by atoms with van der Waals surface area (Å²) in [5.41, 5.74) is 0. The van der Waals surface area contributed by atoms with Crippen molar-refractivity contribution in [1.29, 1.82) is 0 Å². The predicted octanol–water partition coefficient (Wildman–Crippen LogP) is 4.03. The third-order valence-electron chi connectivity index (χ3n) is 4.42. The van der Waals surface area contributed by atoms with Crippen LogP contribution in [0.1, 0.15) is 46.5 Å². The fraction of sp³-hybridized carbons (Fsp3) is 0.867. The van der Waals surface area contributed by atoms with Gasteiger partial charge in [0.15, 0.2) is 5.17 Å². The number of halogens is 3. The van der Waals surface area contributed by atoms with Crippen LogP contribution in [0, 0.1) is 11.8 Å². The highest BCUT2D eigenvalue weighted by Gasteiger charge is 2.41. The molecular formula is C15H25F3N2OS. The Balaban J connectivity index is 2.57. The maximum absolute atomic E-state index is 12.7. The van der Waals surface area contributed by atoms with Gasteiger partial charge < -0.3 is 10.1 Å². The first-order valence-electron chi connectivity index (χ1n) is 7.57. The van der Waals surface area contributed by atoms with Crippen LogP contribution in [0.25, 0.3) is 0 Å². The molecule has 1 aliphatic carbocycles. The Morgan fingerprint density at radius 2 is 1.82 bits per heavy atom. The van der Waals surface area contributed by atoms with Gasteiger partial charge in [0, 0.05) is 13.1 Å². The van der Waals surface area contributed by atoms with E-state index < -0.39 is 16.8 Å². The van der Waals surface area contributed by atoms with Crippen LogP contribution in [0.3, 0.4) is 0 Å². The van der Waals surface area contributed by atoms with Gasteiger partial charge in [-0.3, -0.25) is 4.99 Å². The topological polar surface area (TPSA) is 41.5 Å². The van der Waals surface area contributed by atoms with Crippen LogP contribution in [0.15, 0.2) is 4.99 Å². The molecule has 22 heavy (non-hydrogen) atoms. The Morgan fingerprint density at radius 1 is 1.27 bits per heavy atom. The number of carbonyl (C=O) groups is 1. The third-order valence-corrected chi connectivity index (χ3v) is 5.92. The molecule has 0 aromatic heterocycles. The van der Waals surface area contributed by atoms with Gasteiger partial charge in [0.05, 0.1) is 10.7 Å². The van der Waals surface area contributed by atoms with E-state index in [1.807, 2.05) is 20.8 Å². The van der Waals surface area contributed by atoms with Crippen molar-refractivity contribution in [2.75, 3.05) is 7.05 Å². The molecule has 1 fully saturated rings. The largest absolute Gasteiger partial charge is 0.391 e. The number of thioether (sulfide) groups is 1. The summed E-state index contributed by atoms with van der Waals surface area (Å²) in [5, 5.41) is 3.83. The summed E-state index contributed by atoms with van der Waals surface area (Å²) in [6.07, 6.45) is -1.92. The van der Waals surface area contributed by atoms with E-state index in [9.17, 15) is 18.0 Å². The van der Waals surface area contributed by atoms with Crippen LogP contribution >= 0.6 is 11.8 Å². The molecule has 7 heteroatoms. The molecule has 0 bridgehead atoms. The normalized spacial score (nSPS) is 26.6. The van der Waals surface area contributed by atoms with Crippen molar-refractivity contribution in [3.63, 3.8) is 0 Å². The lowest BCUT2D eigenvalue weighted by Crippen LogP contribution is -2.41. The van der Waals surface area contributed by atoms with Crippen molar-refractivity contribution in [3.8, 4) is 0 Å². The second-order valence-electron chi connectivity index (χ2n) is 6.32. The van der Waals surface area contributed by atoms with E-state index in [0.717, 1.165) is 6.29 Å². The van der Waals surface area contributed by atoms with Gasteiger partial charge in [-0.2, -0.15) is 13.2 Å². The van der Waals surface area contributed by atoms with E-state index in [2.05, 4.69) is 10.3 Å². The average molecular weight is 338 g/mol. The van der Waals surface area contributed by atoms with E-state index in [-0.39, 0.29) is 24.8 Å². The molecule has 1 aliphatic rings. The molecule has 0 aliphatic heterocycles. The smallest absolute Gasteiger partial charge is 0.362 e. The molecule has 3 nitrogen and oxygen atoms in total. The second-order valence-corrected chi connectivity index (χ2v) is 7.79. The Kier molecular flexibility index (Phi) is 6.77. The van der Waals surface area contributed by atoms with E-state index in [1.165, 1.54) is 11.8 Å². The van der Waals surface area contributed by atoms with Gasteiger partial charge in [-0.25, -0.2) is 0 Å². The van der Waals surface area contributed by atoms with Gasteiger partial charge in [-0.15, -0.1) is 0 Å². The fourth-order valence-corrected chi connectivity index (χ4v) is 3.38. The minimum absolute atomic E-state index is 0.00661. The number of amidine groups is 1. The number of hydrogen-bond acceptors (Lipinski definition) is 3. The summed E-state index contributed by atoms with van der Waals surface area (Å²) in [5.74, 6) is -1.05. The number of hydrogen-bond donors (Lipinski definition) is 1. The van der Waals surface area contributed by atoms with Gasteiger partial charge in [0.2, 0.25) is 0 Å². The van der Waals surface area contributed by atoms with Crippen LogP contribution in [-0.2, 0) is 4.79 Å². The number of aliphatic imine (C=N–C) groups is 1. The number of aldehydes is 1. The number of carbonyl (C=O) groups excluding carboxylic acids is 1. The number of rotatable bonds is 4. The lowest BCUT2D eigenvalue weighted by atomic mass is 9.86. The van der Waals surface area contributed by atoms with Crippen molar-refractivity contribution in [2.45, 2.75) is 63.4 Å². The third kappa shape index (κ3) is 5.18. The monoisotopic (exact) mass is 338 g/mol. The zero-order valence-corrected chi connectivity index (χ0v) is 14.4. The second kappa shape index (κ2) is 7.70. The number of alkyl halides is 3. The highest BCUT2D eigenvalue weighted by molar-refractivity contribution is 8.15. The van der Waals surface area contributed by atoms with Crippen LogP contribution in [0.2, 0.25) is 0 Å². The summed E-state index contributed by atoms with van der Waals surface area (Å²) in [7, 11) is 1.63. The molecule has 0 heterocycles. The molecule has 0 aromatic rings. The number of nitrogens with one attached hydrogen (secondary N) is 1. The van der Waals surface area contributed by atoms with Crippen molar-refractivity contribution in [1.82, 2.24) is 5.32 Å². The van der Waals surface area contributed by atoms with Gasteiger partial charge in [0.1, 0.15) is 6.29 Å². The first kappa shape index (κ1) is 19.3. The van der Waals surface area contributed by atoms with Crippen molar-refractivity contribution in [2.24, 2.45) is 16.8 Å². The van der Waals surface area contributed by atoms with Crippen molar-refractivity contribution < 1.29 is 18.0 Å². The average Bonchev–Trinajstić information content (AvgIpc) is 2.45. The molecule has 0 unspecified atom stereocenters. The lowest BCUT2D eigenvalue weighted by molar-refractivity contribution is -0.182. The Hall–Kier alpha value is -0.720. The minimum Gasteiger partial charge on any atom is -0.362 e. The predicted molar refractivity (Wildman–Crippen MR) is 85.2 cm³/mol. The maximum Gasteiger partial charge on any atom is 0.391 e. The maximum atomic E-state index is 12.7. The van der Waals surface area contributed by atoms with Gasteiger partial charge in [-0.05, 0) is 38.5 Å². The van der Waals surface area contributed by atoms with E-state index in [4.69, 9.17) is 0 Å². The summed E-state index contributed by atoms with van der Waals surface area (Å²) in [6, 6.07) is -0.00661. The van der Waals surface area contributed by atoms with E-state index in [0.29, 0.717) is 18.0 Å². The molecule has 128 valence electrons. The zero-order valence-electron chi connectivity index (χ0n) is 13.5. The van der Waals surface area contributed by atoms with Gasteiger partial charge in [0.25, 0.3) is 0 Å². The minimum atomic E-state index is -4.09. The lowest BCUT2D eigenvalue weighted by Gasteiger charge is -2.33. The standard InChI is InChI=1S/C15H25F3N2OS/c1-10(2)14(3,9-21)22-13(19-4)20-12-7-5-11(6-8-12)15(16,17)18/h9-12H,5-8H2,1-4H3,(H,19,20)/t11?,12?,14-/m0/s1. The Bertz CT molecular complexity index is 404. The van der Waals surface area contributed by atoms with Gasteiger partial charge >= 0.3 is 6.18 Å². The molecule has 0 radical (unpaired) electrons. The summed E-state index contributed by atoms with van der Waals surface area (Å²) in [4.78, 5) is 15.5. The molecule has 0 spiro atoms. The quantitative estimate of drug-likeness (QED) is 0.478. The van der Waals surface area contributed by atoms with Crippen LogP contribution in [0.4, 0.5) is 13.2 Å². The highest BCUT2D eigenvalue weighted by atomic mass is 32.2. The molecule has 0 aromatic carbocycles. The molecule has 1 N–H and O–H groups in total. The first-order valence-corrected chi connectivity index (χ1v) is 8.39. The first-order chi connectivity index (χ1) is 10.1. The number of nitrogens with zero attached hydrogens (tertiary/aromatic N) is 1. The van der Waals surface area contributed by atoms with Crippen LogP contribution in [-0.4, -0.2) is 35.5 Å². The summed E-state index contributed by atoms with van der Waals surface area (Å²) < 4.78 is 37.4.